The van der Waals surface area contributed by atoms with Gasteiger partial charge in [-0.2, -0.15) is 0 Å². The number of piperidine rings is 1. The van der Waals surface area contributed by atoms with E-state index >= 15 is 0 Å². The highest BCUT2D eigenvalue weighted by molar-refractivity contribution is 5.60. The summed E-state index contributed by atoms with van der Waals surface area (Å²) in [5.41, 5.74) is 8.76. The van der Waals surface area contributed by atoms with Gasteiger partial charge in [0.1, 0.15) is 0 Å². The highest BCUT2D eigenvalue weighted by Crippen LogP contribution is 2.49. The fourth-order valence-corrected chi connectivity index (χ4v) is 6.15. The van der Waals surface area contributed by atoms with Crippen molar-refractivity contribution in [1.82, 2.24) is 24.8 Å². The summed E-state index contributed by atoms with van der Waals surface area (Å²) in [5, 5.41) is 0. The number of hydrogen-bond acceptors (Lipinski definition) is 7. The van der Waals surface area contributed by atoms with Gasteiger partial charge in [0.05, 0.1) is 11.4 Å². The lowest BCUT2D eigenvalue weighted by atomic mass is 9.86. The van der Waals surface area contributed by atoms with Crippen LogP contribution < -0.4 is 10.6 Å². The van der Waals surface area contributed by atoms with Gasteiger partial charge in [-0.15, -0.1) is 0 Å². The summed E-state index contributed by atoms with van der Waals surface area (Å²) in [5.74, 6) is 3.27. The number of aromatic nitrogens is 4. The van der Waals surface area contributed by atoms with Crippen molar-refractivity contribution in [3.63, 3.8) is 0 Å². The first-order valence-electron chi connectivity index (χ1n) is 11.0. The second kappa shape index (κ2) is 6.36. The Morgan fingerprint density at radius 2 is 1.79 bits per heavy atom. The zero-order valence-corrected chi connectivity index (χ0v) is 17.2. The van der Waals surface area contributed by atoms with Crippen LogP contribution in [0.2, 0.25) is 0 Å². The number of hydrogen-bond donors (Lipinski definition) is 1. The summed E-state index contributed by atoms with van der Waals surface area (Å²) >= 11 is 0. The molecule has 0 spiro atoms. The van der Waals surface area contributed by atoms with Crippen molar-refractivity contribution in [2.75, 3.05) is 23.7 Å². The number of anilines is 2. The number of likely N-dealkylation sites (tertiary alicyclic amines) is 1. The molecule has 5 fully saturated rings. The summed E-state index contributed by atoms with van der Waals surface area (Å²) in [7, 11) is 0. The maximum Gasteiger partial charge on any atom is 0.226 e. The lowest BCUT2D eigenvalue weighted by Gasteiger charge is -2.34. The van der Waals surface area contributed by atoms with Crippen molar-refractivity contribution in [3.8, 4) is 11.3 Å². The fraction of sp³-hybridized carbons (Fsp3) is 0.636. The van der Waals surface area contributed by atoms with Crippen molar-refractivity contribution in [2.45, 2.75) is 63.6 Å². The van der Waals surface area contributed by atoms with E-state index in [1.807, 2.05) is 0 Å². The molecule has 29 heavy (non-hydrogen) atoms. The predicted octanol–water partition coefficient (Wildman–Crippen LogP) is 2.70. The molecule has 2 aromatic rings. The minimum absolute atomic E-state index is 0.297. The van der Waals surface area contributed by atoms with Gasteiger partial charge in [-0.1, -0.05) is 0 Å². The Morgan fingerprint density at radius 3 is 2.41 bits per heavy atom. The molecule has 7 rings (SSSR count). The van der Waals surface area contributed by atoms with Crippen molar-refractivity contribution in [3.05, 3.63) is 24.2 Å². The number of fused-ring (bicyclic) bond motifs is 3. The second-order valence-electron chi connectivity index (χ2n) is 9.73. The van der Waals surface area contributed by atoms with Crippen molar-refractivity contribution >= 4 is 11.9 Å². The van der Waals surface area contributed by atoms with E-state index in [1.165, 1.54) is 37.9 Å². The third kappa shape index (κ3) is 2.81. The van der Waals surface area contributed by atoms with Gasteiger partial charge in [-0.25, -0.2) is 19.9 Å². The van der Waals surface area contributed by atoms with E-state index < -0.39 is 0 Å². The molecule has 152 valence electrons. The number of nitrogen functional groups attached to an aromatic ring is 1. The molecule has 2 aromatic heterocycles. The van der Waals surface area contributed by atoms with Crippen LogP contribution in [0.15, 0.2) is 18.5 Å². The highest BCUT2D eigenvalue weighted by atomic mass is 15.3. The number of nitrogens with zero attached hydrogens (tertiary/aromatic N) is 6. The van der Waals surface area contributed by atoms with Crippen molar-refractivity contribution in [2.24, 2.45) is 11.8 Å². The summed E-state index contributed by atoms with van der Waals surface area (Å²) in [6.45, 7) is 6.93. The highest BCUT2D eigenvalue weighted by Gasteiger charge is 2.47. The van der Waals surface area contributed by atoms with Gasteiger partial charge < -0.3 is 10.6 Å². The Balaban J connectivity index is 1.37. The van der Waals surface area contributed by atoms with Crippen LogP contribution in [0.3, 0.4) is 0 Å². The van der Waals surface area contributed by atoms with E-state index in [1.54, 1.807) is 12.4 Å². The lowest BCUT2D eigenvalue weighted by molar-refractivity contribution is 0.158. The predicted molar refractivity (Wildman–Crippen MR) is 112 cm³/mol. The smallest absolute Gasteiger partial charge is 0.226 e. The van der Waals surface area contributed by atoms with E-state index in [9.17, 15) is 0 Å². The molecule has 2 N–H and O–H groups in total. The number of nitrogens with two attached hydrogens (primary N) is 1. The third-order valence-electron chi connectivity index (χ3n) is 7.69. The summed E-state index contributed by atoms with van der Waals surface area (Å²) in [4.78, 5) is 23.6. The van der Waals surface area contributed by atoms with Gasteiger partial charge in [0, 0.05) is 55.1 Å². The normalized spacial score (nSPS) is 32.9. The molecule has 7 heteroatoms. The summed E-state index contributed by atoms with van der Waals surface area (Å²) in [6, 6.07) is 4.14. The standard InChI is InChI=1S/C22H29N7/c1-12(2)28-11-14-5-17(28)6-18(14)20-7-19(15-8-24-21(23)25-9-15)26-22(27-20)29-10-13-3-16(29)4-13/h7-9,12-14,16-18H,3-6,10-11H2,1-2H3,(H2,23,24,25)/t13?,14-,16?,17-,18?/m0/s1. The molecule has 4 bridgehead atoms. The van der Waals surface area contributed by atoms with Crippen molar-refractivity contribution in [1.29, 1.82) is 0 Å². The van der Waals surface area contributed by atoms with E-state index in [-0.39, 0.29) is 0 Å². The molecular formula is C22H29N7. The van der Waals surface area contributed by atoms with Gasteiger partial charge >= 0.3 is 0 Å². The van der Waals surface area contributed by atoms with Gasteiger partial charge in [-0.3, -0.25) is 4.90 Å². The largest absolute Gasteiger partial charge is 0.368 e. The number of rotatable bonds is 4. The van der Waals surface area contributed by atoms with Crippen LogP contribution in [0.5, 0.6) is 0 Å². The second-order valence-corrected chi connectivity index (χ2v) is 9.73. The van der Waals surface area contributed by atoms with Gasteiger partial charge in [-0.05, 0) is 57.4 Å². The average molecular weight is 392 g/mol. The Morgan fingerprint density at radius 1 is 1.00 bits per heavy atom. The first-order chi connectivity index (χ1) is 14.0. The van der Waals surface area contributed by atoms with Gasteiger partial charge in [0.25, 0.3) is 0 Å². The maximum absolute atomic E-state index is 5.70. The Bertz CT molecular complexity index is 921. The minimum atomic E-state index is 0.297. The molecule has 5 aliphatic rings. The zero-order chi connectivity index (χ0) is 19.7. The molecule has 0 aromatic carbocycles. The molecule has 1 unspecified atom stereocenters. The van der Waals surface area contributed by atoms with E-state index in [0.717, 1.165) is 29.7 Å². The summed E-state index contributed by atoms with van der Waals surface area (Å²) < 4.78 is 0. The van der Waals surface area contributed by atoms with Crippen LogP contribution in [0.4, 0.5) is 11.9 Å². The van der Waals surface area contributed by atoms with Gasteiger partial charge in [0.2, 0.25) is 11.9 Å². The van der Waals surface area contributed by atoms with Gasteiger partial charge in [0.15, 0.2) is 0 Å². The van der Waals surface area contributed by atoms with Crippen LogP contribution in [0, 0.1) is 11.8 Å². The molecule has 7 nitrogen and oxygen atoms in total. The molecule has 0 amide bonds. The van der Waals surface area contributed by atoms with Crippen LogP contribution in [0.1, 0.15) is 51.1 Å². The first kappa shape index (κ1) is 17.6. The summed E-state index contributed by atoms with van der Waals surface area (Å²) in [6.07, 6.45) is 8.67. The van der Waals surface area contributed by atoms with Crippen molar-refractivity contribution < 1.29 is 0 Å². The molecule has 2 saturated carbocycles. The van der Waals surface area contributed by atoms with Crippen LogP contribution in [-0.4, -0.2) is 56.1 Å². The Hall–Kier alpha value is -2.28. The molecule has 3 saturated heterocycles. The maximum atomic E-state index is 5.70. The zero-order valence-electron chi connectivity index (χ0n) is 17.2. The quantitative estimate of drug-likeness (QED) is 0.858. The van der Waals surface area contributed by atoms with E-state index in [2.05, 4.69) is 39.7 Å². The SMILES string of the molecule is CC(C)N1C[C@@H]2C[C@H]1CC2c1cc(-c2cnc(N)nc2)nc(N2CC3CC2C3)n1. The van der Waals surface area contributed by atoms with E-state index in [4.69, 9.17) is 15.7 Å². The molecular weight excluding hydrogens is 362 g/mol. The lowest BCUT2D eigenvalue weighted by Crippen LogP contribution is -2.39. The van der Waals surface area contributed by atoms with Crippen LogP contribution in [-0.2, 0) is 0 Å². The fourth-order valence-electron chi connectivity index (χ4n) is 6.15. The first-order valence-corrected chi connectivity index (χ1v) is 11.0. The van der Waals surface area contributed by atoms with E-state index in [0.29, 0.717) is 35.9 Å². The van der Waals surface area contributed by atoms with Crippen LogP contribution >= 0.6 is 0 Å². The molecule has 2 aliphatic carbocycles. The molecule has 5 heterocycles. The Kier molecular flexibility index (Phi) is 3.85. The Labute approximate surface area is 171 Å². The average Bonchev–Trinajstić information content (AvgIpc) is 3.46. The third-order valence-corrected chi connectivity index (χ3v) is 7.69. The topological polar surface area (TPSA) is 84.1 Å². The molecule has 0 radical (unpaired) electrons. The molecule has 3 atom stereocenters. The van der Waals surface area contributed by atoms with Crippen LogP contribution in [0.25, 0.3) is 11.3 Å². The minimum Gasteiger partial charge on any atom is -0.368 e. The monoisotopic (exact) mass is 391 g/mol. The molecule has 3 aliphatic heterocycles.